The minimum absolute atomic E-state index is 0.0791. The largest absolute Gasteiger partial charge is 0.325 e. The van der Waals surface area contributed by atoms with Crippen LogP contribution in [-0.4, -0.2) is 12.5 Å². The van der Waals surface area contributed by atoms with Gasteiger partial charge in [0.25, 0.3) is 0 Å². The van der Waals surface area contributed by atoms with E-state index in [1.165, 1.54) is 11.6 Å². The second-order valence-corrected chi connectivity index (χ2v) is 5.37. The summed E-state index contributed by atoms with van der Waals surface area (Å²) in [4.78, 5) is 11.9. The Bertz CT molecular complexity index is 671. The molecule has 3 nitrogen and oxygen atoms in total. The fourth-order valence-electron chi connectivity index (χ4n) is 2.17. The summed E-state index contributed by atoms with van der Waals surface area (Å²) in [6.07, 6.45) is 0.946. The van der Waals surface area contributed by atoms with Crippen LogP contribution in [0.1, 0.15) is 31.0 Å². The number of aryl methyl sites for hydroxylation is 1. The van der Waals surface area contributed by atoms with Crippen LogP contribution in [0, 0.1) is 11.6 Å². The van der Waals surface area contributed by atoms with Crippen molar-refractivity contribution in [2.24, 2.45) is 0 Å². The lowest BCUT2D eigenvalue weighted by Gasteiger charge is -2.14. The van der Waals surface area contributed by atoms with Crippen molar-refractivity contribution in [3.8, 4) is 0 Å². The first-order valence-corrected chi connectivity index (χ1v) is 7.56. The lowest BCUT2D eigenvalue weighted by molar-refractivity contribution is -0.115. The standard InChI is InChI=1S/C18H20F2N2O/c1-3-13-4-7-15(8-5-13)22-18(23)11-21-12(2)14-6-9-16(19)17(20)10-14/h4-10,12,21H,3,11H2,1-2H3,(H,22,23)/t12-/m0/s1. The van der Waals surface area contributed by atoms with Gasteiger partial charge in [0.1, 0.15) is 0 Å². The van der Waals surface area contributed by atoms with Crippen LogP contribution in [-0.2, 0) is 11.2 Å². The normalized spacial score (nSPS) is 12.0. The highest BCUT2D eigenvalue weighted by Crippen LogP contribution is 2.16. The maximum absolute atomic E-state index is 13.2. The molecule has 23 heavy (non-hydrogen) atoms. The fourth-order valence-corrected chi connectivity index (χ4v) is 2.17. The highest BCUT2D eigenvalue weighted by atomic mass is 19.2. The van der Waals surface area contributed by atoms with Gasteiger partial charge >= 0.3 is 0 Å². The molecule has 0 saturated carbocycles. The molecule has 0 spiro atoms. The van der Waals surface area contributed by atoms with Crippen molar-refractivity contribution in [1.29, 1.82) is 0 Å². The maximum atomic E-state index is 13.2. The molecule has 2 aromatic carbocycles. The number of amides is 1. The maximum Gasteiger partial charge on any atom is 0.238 e. The number of carbonyl (C=O) groups is 1. The summed E-state index contributed by atoms with van der Waals surface area (Å²) in [5.41, 5.74) is 2.52. The van der Waals surface area contributed by atoms with E-state index < -0.39 is 11.6 Å². The summed E-state index contributed by atoms with van der Waals surface area (Å²) < 4.78 is 26.1. The lowest BCUT2D eigenvalue weighted by atomic mass is 10.1. The van der Waals surface area contributed by atoms with Gasteiger partial charge in [-0.25, -0.2) is 8.78 Å². The molecular formula is C18H20F2N2O. The smallest absolute Gasteiger partial charge is 0.238 e. The second-order valence-electron chi connectivity index (χ2n) is 5.37. The Hall–Kier alpha value is -2.27. The Balaban J connectivity index is 1.86. The summed E-state index contributed by atoms with van der Waals surface area (Å²) in [6, 6.07) is 11.1. The molecule has 1 atom stereocenters. The lowest BCUT2D eigenvalue weighted by Crippen LogP contribution is -2.30. The first kappa shape index (κ1) is 17.1. The summed E-state index contributed by atoms with van der Waals surface area (Å²) in [7, 11) is 0. The topological polar surface area (TPSA) is 41.1 Å². The van der Waals surface area contributed by atoms with Gasteiger partial charge in [-0.2, -0.15) is 0 Å². The quantitative estimate of drug-likeness (QED) is 0.850. The highest BCUT2D eigenvalue weighted by molar-refractivity contribution is 5.92. The van der Waals surface area contributed by atoms with Gasteiger partial charge in [-0.05, 0) is 48.7 Å². The Labute approximate surface area is 134 Å². The number of rotatable bonds is 6. The van der Waals surface area contributed by atoms with Crippen molar-refractivity contribution in [1.82, 2.24) is 5.32 Å². The minimum Gasteiger partial charge on any atom is -0.325 e. The number of halogens is 2. The number of hydrogen-bond donors (Lipinski definition) is 2. The van der Waals surface area contributed by atoms with Gasteiger partial charge in [-0.3, -0.25) is 4.79 Å². The van der Waals surface area contributed by atoms with E-state index in [4.69, 9.17) is 0 Å². The molecule has 0 aliphatic rings. The van der Waals surface area contributed by atoms with Crippen LogP contribution in [0.3, 0.4) is 0 Å². The Kier molecular flexibility index (Phi) is 5.82. The van der Waals surface area contributed by atoms with Crippen LogP contribution in [0.15, 0.2) is 42.5 Å². The summed E-state index contributed by atoms with van der Waals surface area (Å²) in [5.74, 6) is -1.96. The Morgan fingerprint density at radius 2 is 1.78 bits per heavy atom. The summed E-state index contributed by atoms with van der Waals surface area (Å²) in [6.45, 7) is 3.93. The Morgan fingerprint density at radius 1 is 1.09 bits per heavy atom. The van der Waals surface area contributed by atoms with E-state index in [0.29, 0.717) is 5.56 Å². The number of nitrogens with one attached hydrogen (secondary N) is 2. The van der Waals surface area contributed by atoms with Crippen LogP contribution < -0.4 is 10.6 Å². The first-order valence-electron chi connectivity index (χ1n) is 7.56. The third-order valence-corrected chi connectivity index (χ3v) is 3.66. The van der Waals surface area contributed by atoms with E-state index in [1.54, 1.807) is 6.92 Å². The van der Waals surface area contributed by atoms with Crippen molar-refractivity contribution >= 4 is 11.6 Å². The van der Waals surface area contributed by atoms with Crippen LogP contribution in [0.4, 0.5) is 14.5 Å². The predicted octanol–water partition coefficient (Wildman–Crippen LogP) is 3.82. The molecule has 5 heteroatoms. The molecule has 0 aliphatic carbocycles. The molecule has 0 heterocycles. The number of hydrogen-bond acceptors (Lipinski definition) is 2. The summed E-state index contributed by atoms with van der Waals surface area (Å²) in [5, 5.41) is 5.77. The van der Waals surface area contributed by atoms with Gasteiger partial charge in [0.05, 0.1) is 6.54 Å². The fraction of sp³-hybridized carbons (Fsp3) is 0.278. The van der Waals surface area contributed by atoms with Crippen LogP contribution in [0.25, 0.3) is 0 Å². The molecule has 0 aliphatic heterocycles. The van der Waals surface area contributed by atoms with Crippen molar-refractivity contribution in [3.63, 3.8) is 0 Å². The van der Waals surface area contributed by atoms with Crippen LogP contribution >= 0.6 is 0 Å². The van der Waals surface area contributed by atoms with Gasteiger partial charge in [-0.15, -0.1) is 0 Å². The van der Waals surface area contributed by atoms with Crippen molar-refractivity contribution in [3.05, 3.63) is 65.2 Å². The van der Waals surface area contributed by atoms with Crippen LogP contribution in [0.2, 0.25) is 0 Å². The van der Waals surface area contributed by atoms with Crippen LogP contribution in [0.5, 0.6) is 0 Å². The van der Waals surface area contributed by atoms with E-state index in [1.807, 2.05) is 24.3 Å². The Morgan fingerprint density at radius 3 is 2.39 bits per heavy atom. The molecule has 2 aromatic rings. The molecule has 2 N–H and O–H groups in total. The third-order valence-electron chi connectivity index (χ3n) is 3.66. The molecular weight excluding hydrogens is 298 g/mol. The first-order chi connectivity index (χ1) is 11.0. The SMILES string of the molecule is CCc1ccc(NC(=O)CN[C@@H](C)c2ccc(F)c(F)c2)cc1. The number of benzene rings is 2. The molecule has 0 fully saturated rings. The molecule has 0 unspecified atom stereocenters. The van der Waals surface area contributed by atoms with E-state index in [9.17, 15) is 13.6 Å². The third kappa shape index (κ3) is 4.86. The highest BCUT2D eigenvalue weighted by Gasteiger charge is 2.10. The predicted molar refractivity (Wildman–Crippen MR) is 87.2 cm³/mol. The van der Waals surface area contributed by atoms with Gasteiger partial charge in [0.2, 0.25) is 5.91 Å². The number of carbonyl (C=O) groups excluding carboxylic acids is 1. The molecule has 1 amide bonds. The van der Waals surface area contributed by atoms with Gasteiger partial charge in [0, 0.05) is 11.7 Å². The minimum atomic E-state index is -0.892. The van der Waals surface area contributed by atoms with E-state index in [-0.39, 0.29) is 18.5 Å². The van der Waals surface area contributed by atoms with E-state index in [0.717, 1.165) is 24.2 Å². The van der Waals surface area contributed by atoms with E-state index >= 15 is 0 Å². The van der Waals surface area contributed by atoms with Gasteiger partial charge in [0.15, 0.2) is 11.6 Å². The van der Waals surface area contributed by atoms with Crippen molar-refractivity contribution in [2.75, 3.05) is 11.9 Å². The average molecular weight is 318 g/mol. The van der Waals surface area contributed by atoms with E-state index in [2.05, 4.69) is 17.6 Å². The van der Waals surface area contributed by atoms with Crippen molar-refractivity contribution < 1.29 is 13.6 Å². The molecule has 122 valence electrons. The molecule has 0 saturated heterocycles. The second kappa shape index (κ2) is 7.83. The zero-order chi connectivity index (χ0) is 16.8. The number of anilines is 1. The van der Waals surface area contributed by atoms with Gasteiger partial charge < -0.3 is 10.6 Å². The summed E-state index contributed by atoms with van der Waals surface area (Å²) >= 11 is 0. The van der Waals surface area contributed by atoms with Crippen molar-refractivity contribution in [2.45, 2.75) is 26.3 Å². The zero-order valence-corrected chi connectivity index (χ0v) is 13.2. The average Bonchev–Trinajstić information content (AvgIpc) is 2.56. The molecule has 2 rings (SSSR count). The van der Waals surface area contributed by atoms with Gasteiger partial charge in [-0.1, -0.05) is 25.1 Å². The molecule has 0 radical (unpaired) electrons. The zero-order valence-electron chi connectivity index (χ0n) is 13.2. The monoisotopic (exact) mass is 318 g/mol. The molecule has 0 aromatic heterocycles. The molecule has 0 bridgehead atoms.